The van der Waals surface area contributed by atoms with Crippen LogP contribution in [0.4, 0.5) is 0 Å². The zero-order chi connectivity index (χ0) is 23.5. The molecule has 0 N–H and O–H groups in total. The summed E-state index contributed by atoms with van der Waals surface area (Å²) in [6, 6.07) is 11.2. The summed E-state index contributed by atoms with van der Waals surface area (Å²) in [6.07, 6.45) is 0. The standard InChI is InChI=1S/C23H28N/c1-14(2)20-11-16(4)18(6)21(13-20)23-22-10-15(3)8-9-19(22)12-17(5)24(23)7/h8-14H,1-7H3/q+1/i1D3,4D3,14D. The molecule has 0 amide bonds. The minimum absolute atomic E-state index is 0.0741. The number of nitrogens with zero attached hydrogens (tertiary/aromatic N) is 1. The topological polar surface area (TPSA) is 3.88 Å². The minimum Gasteiger partial charge on any atom is -0.198 e. The number of hydrogen-bond donors (Lipinski definition) is 0. The largest absolute Gasteiger partial charge is 0.220 e. The maximum Gasteiger partial charge on any atom is 0.220 e. The summed E-state index contributed by atoms with van der Waals surface area (Å²) >= 11 is 0. The van der Waals surface area contributed by atoms with E-state index in [4.69, 9.17) is 9.60 Å². The molecule has 0 bridgehead atoms. The molecule has 124 valence electrons. The number of rotatable bonds is 2. The van der Waals surface area contributed by atoms with Crippen molar-refractivity contribution in [1.29, 1.82) is 0 Å². The third-order valence-electron chi connectivity index (χ3n) is 4.79. The van der Waals surface area contributed by atoms with E-state index in [2.05, 4.69) is 12.1 Å². The molecule has 0 saturated carbocycles. The van der Waals surface area contributed by atoms with Crippen molar-refractivity contribution >= 4 is 10.8 Å². The van der Waals surface area contributed by atoms with Gasteiger partial charge in [0, 0.05) is 22.6 Å². The van der Waals surface area contributed by atoms with Gasteiger partial charge < -0.3 is 0 Å². The van der Waals surface area contributed by atoms with Gasteiger partial charge in [0.15, 0.2) is 5.69 Å². The van der Waals surface area contributed by atoms with Crippen LogP contribution in [0.15, 0.2) is 36.4 Å². The number of hydrogen-bond acceptors (Lipinski definition) is 0. The van der Waals surface area contributed by atoms with Gasteiger partial charge in [-0.3, -0.25) is 0 Å². The molecule has 1 aromatic heterocycles. The van der Waals surface area contributed by atoms with Crippen LogP contribution >= 0.6 is 0 Å². The molecule has 2 aromatic carbocycles. The minimum atomic E-state index is -2.61. The molecule has 0 aliphatic carbocycles. The normalized spacial score (nSPS) is 19.3. The van der Waals surface area contributed by atoms with Crippen molar-refractivity contribution < 1.29 is 14.2 Å². The van der Waals surface area contributed by atoms with Gasteiger partial charge in [0.05, 0.1) is 10.9 Å². The Morgan fingerprint density at radius 3 is 2.58 bits per heavy atom. The Kier molecular flexibility index (Phi) is 2.52. The average molecular weight is 326 g/mol. The lowest BCUT2D eigenvalue weighted by molar-refractivity contribution is -0.665. The summed E-state index contributed by atoms with van der Waals surface area (Å²) in [6.45, 7) is 1.99. The van der Waals surface area contributed by atoms with Crippen LogP contribution in [0.2, 0.25) is 0 Å². The summed E-state index contributed by atoms with van der Waals surface area (Å²) in [4.78, 5) is 0. The first kappa shape index (κ1) is 9.98. The summed E-state index contributed by atoms with van der Waals surface area (Å²) in [5.41, 5.74) is 4.30. The number of fused-ring (bicyclic) bond motifs is 1. The zero-order valence-corrected chi connectivity index (χ0v) is 14.9. The second kappa shape index (κ2) is 6.05. The Balaban J connectivity index is 2.52. The van der Waals surface area contributed by atoms with Gasteiger partial charge >= 0.3 is 0 Å². The van der Waals surface area contributed by atoms with Crippen molar-refractivity contribution in [3.8, 4) is 11.3 Å². The predicted octanol–water partition coefficient (Wildman–Crippen LogP) is 5.69. The molecule has 24 heavy (non-hydrogen) atoms. The van der Waals surface area contributed by atoms with E-state index in [9.17, 15) is 0 Å². The van der Waals surface area contributed by atoms with E-state index in [1.807, 2.05) is 37.6 Å². The highest BCUT2D eigenvalue weighted by Crippen LogP contribution is 2.33. The van der Waals surface area contributed by atoms with Crippen molar-refractivity contribution in [2.24, 2.45) is 7.05 Å². The van der Waals surface area contributed by atoms with Crippen molar-refractivity contribution in [3.05, 3.63) is 64.3 Å². The molecule has 3 aromatic rings. The summed E-state index contributed by atoms with van der Waals surface area (Å²) in [5.74, 6) is -1.95. The van der Waals surface area contributed by atoms with Crippen molar-refractivity contribution in [1.82, 2.24) is 0 Å². The Labute approximate surface area is 155 Å². The summed E-state index contributed by atoms with van der Waals surface area (Å²) in [7, 11) is 1.91. The fourth-order valence-corrected chi connectivity index (χ4v) is 3.18. The van der Waals surface area contributed by atoms with Crippen LogP contribution in [0.3, 0.4) is 0 Å². The smallest absolute Gasteiger partial charge is 0.198 e. The van der Waals surface area contributed by atoms with E-state index >= 15 is 0 Å². The van der Waals surface area contributed by atoms with Gasteiger partial charge in [-0.1, -0.05) is 37.5 Å². The first-order valence-electron chi connectivity index (χ1n) is 11.6. The lowest BCUT2D eigenvalue weighted by Gasteiger charge is -2.15. The lowest BCUT2D eigenvalue weighted by atomic mass is 9.90. The maximum atomic E-state index is 8.59. The van der Waals surface area contributed by atoms with Crippen LogP contribution in [-0.4, -0.2) is 0 Å². The zero-order valence-electron chi connectivity index (χ0n) is 21.9. The van der Waals surface area contributed by atoms with Gasteiger partial charge in [-0.2, -0.15) is 4.57 Å². The molecule has 0 radical (unpaired) electrons. The highest BCUT2D eigenvalue weighted by Gasteiger charge is 2.21. The molecule has 1 nitrogen and oxygen atoms in total. The summed E-state index contributed by atoms with van der Waals surface area (Å²) in [5, 5.41) is 1.96. The van der Waals surface area contributed by atoms with Crippen LogP contribution in [0, 0.1) is 27.6 Å². The Bertz CT molecular complexity index is 1170. The first-order valence-corrected chi connectivity index (χ1v) is 8.11. The Morgan fingerprint density at radius 1 is 1.08 bits per heavy atom. The van der Waals surface area contributed by atoms with Crippen LogP contribution < -0.4 is 4.57 Å². The molecule has 1 heterocycles. The number of benzene rings is 2. The molecule has 0 aliphatic heterocycles. The van der Waals surface area contributed by atoms with Gasteiger partial charge in [0.1, 0.15) is 7.05 Å². The maximum absolute atomic E-state index is 8.59. The molecule has 0 saturated heterocycles. The van der Waals surface area contributed by atoms with E-state index < -0.39 is 19.6 Å². The number of aromatic nitrogens is 1. The van der Waals surface area contributed by atoms with Gasteiger partial charge in [0.2, 0.25) is 5.69 Å². The second-order valence-corrected chi connectivity index (χ2v) is 6.61. The highest BCUT2D eigenvalue weighted by molar-refractivity contribution is 5.94. The Morgan fingerprint density at radius 2 is 1.88 bits per heavy atom. The quantitative estimate of drug-likeness (QED) is 0.533. The fourth-order valence-electron chi connectivity index (χ4n) is 3.18. The molecule has 1 atom stereocenters. The van der Waals surface area contributed by atoms with Crippen molar-refractivity contribution in [2.45, 2.75) is 47.3 Å². The van der Waals surface area contributed by atoms with E-state index in [0.29, 0.717) is 11.1 Å². The first-order chi connectivity index (χ1) is 14.1. The molecule has 3 rings (SSSR count). The summed E-state index contributed by atoms with van der Waals surface area (Å²) < 4.78 is 58.3. The van der Waals surface area contributed by atoms with E-state index in [1.165, 1.54) is 13.0 Å². The second-order valence-electron chi connectivity index (χ2n) is 6.61. The molecule has 0 spiro atoms. The third-order valence-corrected chi connectivity index (χ3v) is 4.79. The molecule has 0 aliphatic rings. The van der Waals surface area contributed by atoms with Gasteiger partial charge in [-0.15, -0.1) is 0 Å². The number of pyridine rings is 1. The SMILES string of the molecule is [2H]C([2H])([2H])c1cc(C([2H])(C)C([2H])([2H])[2H])cc(-c2c3cc(C)ccc3cc(C)[n+]2C)c1C. The predicted molar refractivity (Wildman–Crippen MR) is 104 cm³/mol. The van der Waals surface area contributed by atoms with E-state index in [0.717, 1.165) is 27.7 Å². The Hall–Kier alpha value is -2.15. The van der Waals surface area contributed by atoms with Crippen molar-refractivity contribution in [3.63, 3.8) is 0 Å². The number of aryl methyl sites for hydroxylation is 3. The van der Waals surface area contributed by atoms with Gasteiger partial charge in [-0.25, -0.2) is 0 Å². The molecule has 1 unspecified atom stereocenters. The molecule has 1 heteroatoms. The average Bonchev–Trinajstić information content (AvgIpc) is 2.62. The monoisotopic (exact) mass is 325 g/mol. The van der Waals surface area contributed by atoms with Crippen LogP contribution in [0.25, 0.3) is 22.0 Å². The van der Waals surface area contributed by atoms with Crippen molar-refractivity contribution in [2.75, 3.05) is 0 Å². The van der Waals surface area contributed by atoms with Crippen LogP contribution in [0.1, 0.15) is 57.2 Å². The van der Waals surface area contributed by atoms with Crippen LogP contribution in [-0.2, 0) is 7.05 Å². The third kappa shape index (κ3) is 2.73. The van der Waals surface area contributed by atoms with E-state index in [-0.39, 0.29) is 11.1 Å². The highest BCUT2D eigenvalue weighted by atomic mass is 14.9. The van der Waals surface area contributed by atoms with Crippen LogP contribution in [0.5, 0.6) is 0 Å². The lowest BCUT2D eigenvalue weighted by Crippen LogP contribution is -2.35. The molecular weight excluding hydrogens is 290 g/mol. The molecular formula is C23H28N+. The fraction of sp³-hybridized carbons (Fsp3) is 0.348. The van der Waals surface area contributed by atoms with Gasteiger partial charge in [-0.05, 0) is 60.8 Å². The molecule has 0 fully saturated rings. The van der Waals surface area contributed by atoms with Gasteiger partial charge in [0.25, 0.3) is 0 Å². The van der Waals surface area contributed by atoms with E-state index in [1.54, 1.807) is 13.0 Å².